The predicted molar refractivity (Wildman–Crippen MR) is 335 cm³/mol. The molecule has 0 aromatic carbocycles. The SMILES string of the molecule is CCCCCCCCCC/C=C\CCCCCCCCCCCCCCCCCCCCCCCC(=O)OCC(COC(=O)CCCCCCCCCC)OC(=O)CCCCCCCCCCCCCCCCCCCC. The smallest absolute Gasteiger partial charge is 0.306 e. The van der Waals surface area contributed by atoms with Crippen LogP contribution in [-0.2, 0) is 28.6 Å². The molecule has 0 aliphatic heterocycles. The number of hydrogen-bond donors (Lipinski definition) is 0. The van der Waals surface area contributed by atoms with Gasteiger partial charge in [-0.3, -0.25) is 14.4 Å². The Morgan fingerprint density at radius 3 is 0.649 bits per heavy atom. The number of carbonyl (C=O) groups excluding carboxylic acids is 3. The van der Waals surface area contributed by atoms with Crippen LogP contribution < -0.4 is 0 Å². The molecule has 0 aliphatic rings. The Kier molecular flexibility index (Phi) is 65.1. The zero-order valence-electron chi connectivity index (χ0n) is 52.5. The second-order valence-electron chi connectivity index (χ2n) is 24.2. The molecule has 0 N–H and O–H groups in total. The van der Waals surface area contributed by atoms with Gasteiger partial charge in [0.1, 0.15) is 13.2 Å². The normalized spacial score (nSPS) is 12.0. The van der Waals surface area contributed by atoms with Gasteiger partial charge in [0.15, 0.2) is 6.10 Å². The zero-order chi connectivity index (χ0) is 55.7. The summed E-state index contributed by atoms with van der Waals surface area (Å²) in [6.45, 7) is 6.69. The molecular weight excluding hydrogens is 949 g/mol. The highest BCUT2D eigenvalue weighted by Gasteiger charge is 2.19. The van der Waals surface area contributed by atoms with Crippen molar-refractivity contribution in [3.8, 4) is 0 Å². The van der Waals surface area contributed by atoms with E-state index in [9.17, 15) is 14.4 Å². The van der Waals surface area contributed by atoms with Crippen molar-refractivity contribution in [1.29, 1.82) is 0 Å². The molecule has 1 atom stereocenters. The molecule has 6 heteroatoms. The minimum Gasteiger partial charge on any atom is -0.462 e. The third-order valence-corrected chi connectivity index (χ3v) is 16.3. The maximum atomic E-state index is 12.9. The second-order valence-corrected chi connectivity index (χ2v) is 24.2. The first-order valence-corrected chi connectivity index (χ1v) is 35.2. The van der Waals surface area contributed by atoms with Gasteiger partial charge in [-0.15, -0.1) is 0 Å². The van der Waals surface area contributed by atoms with Crippen molar-refractivity contribution in [1.82, 2.24) is 0 Å². The van der Waals surface area contributed by atoms with Crippen LogP contribution in [0.3, 0.4) is 0 Å². The van der Waals surface area contributed by atoms with Gasteiger partial charge in [0.2, 0.25) is 0 Å². The zero-order valence-corrected chi connectivity index (χ0v) is 52.5. The molecule has 0 fully saturated rings. The van der Waals surface area contributed by atoms with Gasteiger partial charge in [0, 0.05) is 19.3 Å². The molecule has 0 heterocycles. The first kappa shape index (κ1) is 75.2. The highest BCUT2D eigenvalue weighted by molar-refractivity contribution is 5.71. The van der Waals surface area contributed by atoms with Crippen molar-refractivity contribution < 1.29 is 28.6 Å². The van der Waals surface area contributed by atoms with Gasteiger partial charge >= 0.3 is 17.9 Å². The lowest BCUT2D eigenvalue weighted by Gasteiger charge is -2.18. The van der Waals surface area contributed by atoms with Crippen LogP contribution in [0.1, 0.15) is 406 Å². The molecule has 0 saturated carbocycles. The Hall–Kier alpha value is -1.85. The molecule has 0 amide bonds. The molecular formula is C71H136O6. The third-order valence-electron chi connectivity index (χ3n) is 16.3. The van der Waals surface area contributed by atoms with E-state index < -0.39 is 6.10 Å². The monoisotopic (exact) mass is 1090 g/mol. The Bertz CT molecular complexity index is 1200. The van der Waals surface area contributed by atoms with Crippen LogP contribution in [0.4, 0.5) is 0 Å². The number of unbranched alkanes of at least 4 members (excludes halogenated alkanes) is 53. The minimum absolute atomic E-state index is 0.0624. The molecule has 6 nitrogen and oxygen atoms in total. The molecule has 0 aromatic rings. The number of allylic oxidation sites excluding steroid dienone is 2. The maximum absolute atomic E-state index is 12.9. The molecule has 0 spiro atoms. The van der Waals surface area contributed by atoms with Gasteiger partial charge in [-0.05, 0) is 44.9 Å². The average Bonchev–Trinajstić information content (AvgIpc) is 3.43. The van der Waals surface area contributed by atoms with Crippen molar-refractivity contribution in [3.63, 3.8) is 0 Å². The van der Waals surface area contributed by atoms with Crippen LogP contribution in [-0.4, -0.2) is 37.2 Å². The van der Waals surface area contributed by atoms with Crippen molar-refractivity contribution in [2.45, 2.75) is 412 Å². The van der Waals surface area contributed by atoms with E-state index >= 15 is 0 Å². The molecule has 0 saturated heterocycles. The lowest BCUT2D eigenvalue weighted by atomic mass is 10.0. The minimum atomic E-state index is -0.763. The lowest BCUT2D eigenvalue weighted by molar-refractivity contribution is -0.167. The highest BCUT2D eigenvalue weighted by atomic mass is 16.6. The average molecular weight is 1090 g/mol. The fraction of sp³-hybridized carbons (Fsp3) is 0.930. The topological polar surface area (TPSA) is 78.9 Å². The molecule has 77 heavy (non-hydrogen) atoms. The maximum Gasteiger partial charge on any atom is 0.306 e. The molecule has 0 radical (unpaired) electrons. The van der Waals surface area contributed by atoms with E-state index in [1.807, 2.05) is 0 Å². The van der Waals surface area contributed by atoms with E-state index in [2.05, 4.69) is 32.9 Å². The second kappa shape index (κ2) is 66.7. The van der Waals surface area contributed by atoms with Gasteiger partial charge < -0.3 is 14.2 Å². The van der Waals surface area contributed by atoms with Gasteiger partial charge in [-0.25, -0.2) is 0 Å². The number of hydrogen-bond acceptors (Lipinski definition) is 6. The number of esters is 3. The molecule has 456 valence electrons. The number of rotatable bonds is 66. The number of carbonyl (C=O) groups is 3. The van der Waals surface area contributed by atoms with Crippen LogP contribution in [0, 0.1) is 0 Å². The van der Waals surface area contributed by atoms with E-state index in [-0.39, 0.29) is 31.1 Å². The molecule has 0 aliphatic carbocycles. The summed E-state index contributed by atoms with van der Waals surface area (Å²) in [5, 5.41) is 0. The van der Waals surface area contributed by atoms with E-state index in [0.717, 1.165) is 57.8 Å². The third kappa shape index (κ3) is 64.9. The summed E-state index contributed by atoms with van der Waals surface area (Å²) in [7, 11) is 0. The largest absolute Gasteiger partial charge is 0.462 e. The summed E-state index contributed by atoms with van der Waals surface area (Å²) < 4.78 is 16.9. The van der Waals surface area contributed by atoms with Crippen molar-refractivity contribution >= 4 is 17.9 Å². The van der Waals surface area contributed by atoms with E-state index in [1.165, 1.54) is 308 Å². The summed E-state index contributed by atoms with van der Waals surface area (Å²) in [5.41, 5.74) is 0. The van der Waals surface area contributed by atoms with Crippen LogP contribution in [0.25, 0.3) is 0 Å². The van der Waals surface area contributed by atoms with Crippen LogP contribution in [0.5, 0.6) is 0 Å². The van der Waals surface area contributed by atoms with E-state index in [1.54, 1.807) is 0 Å². The van der Waals surface area contributed by atoms with Gasteiger partial charge in [-0.2, -0.15) is 0 Å². The quantitative estimate of drug-likeness (QED) is 0.0261. The lowest BCUT2D eigenvalue weighted by Crippen LogP contribution is -2.30. The summed E-state index contributed by atoms with van der Waals surface area (Å²) in [5.74, 6) is -0.835. The Morgan fingerprint density at radius 2 is 0.429 bits per heavy atom. The first-order chi connectivity index (χ1) is 38.0. The summed E-state index contributed by atoms with van der Waals surface area (Å²) in [4.78, 5) is 38.2. The Balaban J connectivity index is 3.96. The molecule has 0 aromatic heterocycles. The van der Waals surface area contributed by atoms with Gasteiger partial charge in [-0.1, -0.05) is 354 Å². The molecule has 0 bridgehead atoms. The fourth-order valence-electron chi connectivity index (χ4n) is 11.0. The predicted octanol–water partition coefficient (Wildman–Crippen LogP) is 24.0. The van der Waals surface area contributed by atoms with Gasteiger partial charge in [0.25, 0.3) is 0 Å². The van der Waals surface area contributed by atoms with E-state index in [0.29, 0.717) is 19.3 Å². The van der Waals surface area contributed by atoms with Crippen molar-refractivity contribution in [2.24, 2.45) is 0 Å². The summed E-state index contributed by atoms with van der Waals surface area (Å²) >= 11 is 0. The van der Waals surface area contributed by atoms with Crippen LogP contribution in [0.2, 0.25) is 0 Å². The van der Waals surface area contributed by atoms with Crippen LogP contribution >= 0.6 is 0 Å². The standard InChI is InChI=1S/C71H136O6/c1-4-7-10-13-16-19-21-23-25-27-29-30-31-32-33-34-35-36-37-38-39-40-41-42-43-45-46-48-50-52-55-58-61-64-70(73)76-67-68(66-75-69(72)63-60-57-54-18-15-12-9-6-3)77-71(74)65-62-59-56-53-51-49-47-44-28-26-24-22-20-17-14-11-8-5-2/h27,29,68H,4-26,28,30-67H2,1-3H3/b29-27-. The Morgan fingerprint density at radius 1 is 0.247 bits per heavy atom. The number of ether oxygens (including phenoxy) is 3. The van der Waals surface area contributed by atoms with Crippen LogP contribution in [0.15, 0.2) is 12.2 Å². The van der Waals surface area contributed by atoms with Crippen molar-refractivity contribution in [3.05, 3.63) is 12.2 Å². The highest BCUT2D eigenvalue weighted by Crippen LogP contribution is 2.19. The molecule has 1 unspecified atom stereocenters. The Labute approximate surface area is 481 Å². The van der Waals surface area contributed by atoms with Gasteiger partial charge in [0.05, 0.1) is 0 Å². The van der Waals surface area contributed by atoms with Crippen molar-refractivity contribution in [2.75, 3.05) is 13.2 Å². The summed E-state index contributed by atoms with van der Waals surface area (Å²) in [6, 6.07) is 0. The van der Waals surface area contributed by atoms with E-state index in [4.69, 9.17) is 14.2 Å². The fourth-order valence-corrected chi connectivity index (χ4v) is 11.0. The molecule has 0 rings (SSSR count). The first-order valence-electron chi connectivity index (χ1n) is 35.2. The summed E-state index contributed by atoms with van der Waals surface area (Å²) in [6.07, 6.45) is 79.9.